The molecule has 0 unspecified atom stereocenters. The smallest absolute Gasteiger partial charge is 0.433 e. The van der Waals surface area contributed by atoms with Crippen LogP contribution in [-0.2, 0) is 17.4 Å². The Labute approximate surface area is 195 Å². The molecular weight excluding hydrogens is 445 g/mol. The zero-order chi connectivity index (χ0) is 25.4. The number of carbonyl (C=O) groups is 1. The second kappa shape index (κ2) is 9.32. The van der Waals surface area contributed by atoms with Crippen LogP contribution in [0.25, 0.3) is 16.5 Å². The van der Waals surface area contributed by atoms with E-state index in [9.17, 15) is 23.1 Å². The van der Waals surface area contributed by atoms with E-state index in [0.29, 0.717) is 22.2 Å². The van der Waals surface area contributed by atoms with E-state index in [2.05, 4.69) is 20.6 Å². The highest BCUT2D eigenvalue weighted by Crippen LogP contribution is 2.39. The van der Waals surface area contributed by atoms with Crippen molar-refractivity contribution in [2.24, 2.45) is 0 Å². The van der Waals surface area contributed by atoms with Crippen LogP contribution in [0.1, 0.15) is 39.2 Å². The van der Waals surface area contributed by atoms with Gasteiger partial charge < -0.3 is 15.7 Å². The van der Waals surface area contributed by atoms with Gasteiger partial charge in [-0.05, 0) is 62.1 Å². The lowest BCUT2D eigenvalue weighted by atomic mass is 9.90. The molecule has 0 atom stereocenters. The van der Waals surface area contributed by atoms with Crippen molar-refractivity contribution < 1.29 is 23.1 Å². The maximum absolute atomic E-state index is 14.3. The number of likely N-dealkylation sites (N-methyl/N-ethyl adjacent to an activating group) is 2. The van der Waals surface area contributed by atoms with E-state index in [-0.39, 0.29) is 40.1 Å². The lowest BCUT2D eigenvalue weighted by Crippen LogP contribution is -2.27. The molecule has 0 fully saturated rings. The van der Waals surface area contributed by atoms with Gasteiger partial charge in [0.2, 0.25) is 0 Å². The fourth-order valence-corrected chi connectivity index (χ4v) is 4.08. The monoisotopic (exact) mass is 472 g/mol. The van der Waals surface area contributed by atoms with E-state index in [4.69, 9.17) is 0 Å². The number of aromatic hydroxyl groups is 1. The van der Waals surface area contributed by atoms with Crippen LogP contribution in [0.5, 0.6) is 5.75 Å². The first-order valence-corrected chi connectivity index (χ1v) is 10.7. The van der Waals surface area contributed by atoms with Gasteiger partial charge in [-0.2, -0.15) is 13.2 Å². The number of fused-ring (bicyclic) bond motifs is 1. The number of amides is 1. The zero-order valence-electron chi connectivity index (χ0n) is 19.9. The van der Waals surface area contributed by atoms with E-state index in [1.54, 1.807) is 33.0 Å². The number of hydrogen-bond acceptors (Lipinski definition) is 5. The summed E-state index contributed by atoms with van der Waals surface area (Å²) in [5.41, 5.74) is 1.75. The molecule has 0 spiro atoms. The van der Waals surface area contributed by atoms with Gasteiger partial charge in [0.25, 0.3) is 5.91 Å². The molecule has 3 N–H and O–H groups in total. The predicted molar refractivity (Wildman–Crippen MR) is 125 cm³/mol. The molecule has 0 saturated heterocycles. The number of nitrogens with one attached hydrogen (secondary N) is 2. The Kier molecular flexibility index (Phi) is 6.86. The Morgan fingerprint density at radius 2 is 1.74 bits per heavy atom. The number of carbonyl (C=O) groups excluding carboxylic acids is 1. The average Bonchev–Trinajstić information content (AvgIpc) is 2.78. The Balaban J connectivity index is 2.44. The number of aromatic nitrogens is 2. The van der Waals surface area contributed by atoms with E-state index in [1.165, 1.54) is 26.2 Å². The molecule has 1 aromatic carbocycles. The lowest BCUT2D eigenvalue weighted by Gasteiger charge is -2.22. The summed E-state index contributed by atoms with van der Waals surface area (Å²) in [6, 6.07) is 4.77. The third-order valence-electron chi connectivity index (χ3n) is 6.00. The number of allylic oxidation sites excluding steroid dienone is 1. The summed E-state index contributed by atoms with van der Waals surface area (Å²) in [7, 11) is 2.91. The Hall–Kier alpha value is -3.62. The summed E-state index contributed by atoms with van der Waals surface area (Å²) < 4.78 is 42.8. The van der Waals surface area contributed by atoms with E-state index < -0.39 is 17.8 Å². The molecule has 6 nitrogen and oxygen atoms in total. The first-order chi connectivity index (χ1) is 15.9. The maximum atomic E-state index is 14.3. The van der Waals surface area contributed by atoms with E-state index >= 15 is 0 Å². The molecule has 3 rings (SSSR count). The van der Waals surface area contributed by atoms with Crippen molar-refractivity contribution >= 4 is 22.4 Å². The number of halogens is 3. The van der Waals surface area contributed by atoms with Crippen molar-refractivity contribution in [1.82, 2.24) is 20.6 Å². The molecule has 0 aliphatic carbocycles. The Bertz CT molecular complexity index is 1310. The molecular formula is C25H27F3N4O2. The van der Waals surface area contributed by atoms with Gasteiger partial charge in [0.05, 0.1) is 11.1 Å². The largest absolute Gasteiger partial charge is 0.508 e. The number of nitrogens with zero attached hydrogens (tertiary/aromatic N) is 2. The van der Waals surface area contributed by atoms with Crippen LogP contribution >= 0.6 is 0 Å². The third kappa shape index (κ3) is 4.55. The summed E-state index contributed by atoms with van der Waals surface area (Å²) in [4.78, 5) is 21.2. The summed E-state index contributed by atoms with van der Waals surface area (Å²) in [5.74, 6) is -0.617. The number of aryl methyl sites for hydroxylation is 3. The summed E-state index contributed by atoms with van der Waals surface area (Å²) in [6.07, 6.45) is -3.23. The quantitative estimate of drug-likeness (QED) is 0.476. The minimum atomic E-state index is -4.81. The molecule has 34 heavy (non-hydrogen) atoms. The van der Waals surface area contributed by atoms with Gasteiger partial charge in [-0.25, -0.2) is 4.98 Å². The molecule has 2 aromatic heterocycles. The van der Waals surface area contributed by atoms with Crippen molar-refractivity contribution in [2.45, 2.75) is 40.3 Å². The number of rotatable bonds is 5. The van der Waals surface area contributed by atoms with Crippen molar-refractivity contribution in [3.8, 4) is 5.75 Å². The van der Waals surface area contributed by atoms with Crippen LogP contribution in [0.4, 0.5) is 13.2 Å². The van der Waals surface area contributed by atoms with E-state index in [0.717, 1.165) is 5.56 Å². The van der Waals surface area contributed by atoms with Crippen LogP contribution in [0.2, 0.25) is 0 Å². The van der Waals surface area contributed by atoms with Crippen molar-refractivity contribution in [3.63, 3.8) is 0 Å². The number of phenolic OH excluding ortho intramolecular Hbond substituents is 1. The first-order valence-electron chi connectivity index (χ1n) is 10.7. The Morgan fingerprint density at radius 3 is 2.32 bits per heavy atom. The third-order valence-corrected chi connectivity index (χ3v) is 6.00. The minimum Gasteiger partial charge on any atom is -0.508 e. The normalized spacial score (nSPS) is 12.5. The van der Waals surface area contributed by atoms with Gasteiger partial charge in [0, 0.05) is 49.1 Å². The van der Waals surface area contributed by atoms with Crippen LogP contribution in [0, 0.1) is 27.7 Å². The second-order valence-electron chi connectivity index (χ2n) is 8.17. The zero-order valence-corrected chi connectivity index (χ0v) is 19.9. The number of alkyl halides is 3. The molecule has 0 aliphatic rings. The SMILES string of the molecule is CNC(=O)/C(=C(/Cc1c(C)ccc(O)c1C)NC)c1c(C(F)(F)F)nc2cc(C)ncc2c1C. The van der Waals surface area contributed by atoms with Gasteiger partial charge in [-0.3, -0.25) is 9.78 Å². The highest BCUT2D eigenvalue weighted by atomic mass is 19.4. The Morgan fingerprint density at radius 1 is 1.06 bits per heavy atom. The number of phenols is 1. The van der Waals surface area contributed by atoms with Crippen molar-refractivity contribution in [2.75, 3.05) is 14.1 Å². The molecule has 0 radical (unpaired) electrons. The van der Waals surface area contributed by atoms with Gasteiger partial charge in [-0.1, -0.05) is 6.07 Å². The highest BCUT2D eigenvalue weighted by Gasteiger charge is 2.39. The van der Waals surface area contributed by atoms with Crippen LogP contribution < -0.4 is 10.6 Å². The van der Waals surface area contributed by atoms with Crippen molar-refractivity contribution in [1.29, 1.82) is 0 Å². The van der Waals surface area contributed by atoms with Crippen LogP contribution in [-0.4, -0.2) is 35.1 Å². The molecule has 9 heteroatoms. The first kappa shape index (κ1) is 25.0. The standard InChI is InChI=1S/C25H27F3N4O2/c1-12-7-8-20(33)14(3)16(12)10-19(29-5)22(24(34)30-6)21-15(4)17-11-31-13(2)9-18(17)32-23(21)25(26,27)28/h7-9,11,29,33H,10H2,1-6H3,(H,30,34)/b22-19-. The summed E-state index contributed by atoms with van der Waals surface area (Å²) in [6.45, 7) is 6.77. The summed E-state index contributed by atoms with van der Waals surface area (Å²) >= 11 is 0. The predicted octanol–water partition coefficient (Wildman–Crippen LogP) is 4.51. The fourth-order valence-electron chi connectivity index (χ4n) is 4.08. The molecule has 2 heterocycles. The van der Waals surface area contributed by atoms with Crippen LogP contribution in [0.3, 0.4) is 0 Å². The molecule has 0 saturated carbocycles. The number of benzene rings is 1. The minimum absolute atomic E-state index is 0.0681. The van der Waals surface area contributed by atoms with Gasteiger partial charge >= 0.3 is 6.18 Å². The molecule has 180 valence electrons. The average molecular weight is 473 g/mol. The highest BCUT2D eigenvalue weighted by molar-refractivity contribution is 6.21. The van der Waals surface area contributed by atoms with Crippen LogP contribution in [0.15, 0.2) is 30.1 Å². The van der Waals surface area contributed by atoms with Gasteiger partial charge in [0.1, 0.15) is 5.75 Å². The van der Waals surface area contributed by atoms with Gasteiger partial charge in [0.15, 0.2) is 5.69 Å². The maximum Gasteiger partial charge on any atom is 0.433 e. The number of hydrogen-bond donors (Lipinski definition) is 3. The van der Waals surface area contributed by atoms with Gasteiger partial charge in [-0.15, -0.1) is 0 Å². The second-order valence-corrected chi connectivity index (χ2v) is 8.17. The fraction of sp³-hybridized carbons (Fsp3) is 0.320. The summed E-state index contributed by atoms with van der Waals surface area (Å²) in [5, 5.41) is 16.0. The molecule has 1 amide bonds. The molecule has 3 aromatic rings. The molecule has 0 aliphatic heterocycles. The number of pyridine rings is 2. The topological polar surface area (TPSA) is 87.1 Å². The van der Waals surface area contributed by atoms with Crippen molar-refractivity contribution in [3.05, 3.63) is 69.3 Å². The van der Waals surface area contributed by atoms with E-state index in [1.807, 2.05) is 6.92 Å². The lowest BCUT2D eigenvalue weighted by molar-refractivity contribution is -0.141. The molecule has 0 bridgehead atoms.